The summed E-state index contributed by atoms with van der Waals surface area (Å²) in [7, 11) is 0. The fourth-order valence-electron chi connectivity index (χ4n) is 2.08. The molecule has 0 atom stereocenters. The minimum Gasteiger partial charge on any atom is -0.490 e. The van der Waals surface area contributed by atoms with Crippen molar-refractivity contribution < 1.29 is 9.47 Å². The normalized spacial score (nSPS) is 14.1. The van der Waals surface area contributed by atoms with Crippen LogP contribution in [0.15, 0.2) is 36.5 Å². The molecule has 0 saturated carbocycles. The van der Waals surface area contributed by atoms with Crippen LogP contribution in [0.25, 0.3) is 11.3 Å². The first kappa shape index (κ1) is 11.1. The Balaban J connectivity index is 2.12. The van der Waals surface area contributed by atoms with Crippen LogP contribution < -0.4 is 9.47 Å². The molecule has 1 aromatic carbocycles. The first-order chi connectivity index (χ1) is 8.84. The molecule has 0 fully saturated rings. The average Bonchev–Trinajstić information content (AvgIpc) is 2.63. The van der Waals surface area contributed by atoms with E-state index in [1.807, 2.05) is 30.5 Å². The minimum atomic E-state index is 0.690. The Morgan fingerprint density at radius 1 is 1.11 bits per heavy atom. The Kier molecular flexibility index (Phi) is 2.89. The van der Waals surface area contributed by atoms with Gasteiger partial charge in [-0.25, -0.2) is 0 Å². The predicted octanol–water partition coefficient (Wildman–Crippen LogP) is 3.22. The standard InChI is InChI=1S/C15H15NO2/c1-11-6-7-16-13(10-11)12-4-2-5-14-15(12)18-9-3-8-17-14/h2,4-7,10H,3,8-9H2,1H3. The monoisotopic (exact) mass is 241 g/mol. The number of hydrogen-bond acceptors (Lipinski definition) is 3. The molecular formula is C15H15NO2. The molecule has 0 saturated heterocycles. The average molecular weight is 241 g/mol. The van der Waals surface area contributed by atoms with Gasteiger partial charge in [0.1, 0.15) is 0 Å². The van der Waals surface area contributed by atoms with Gasteiger partial charge in [0.25, 0.3) is 0 Å². The summed E-state index contributed by atoms with van der Waals surface area (Å²) in [6, 6.07) is 9.99. The van der Waals surface area contributed by atoms with Crippen molar-refractivity contribution in [3.63, 3.8) is 0 Å². The number of rotatable bonds is 1. The van der Waals surface area contributed by atoms with Gasteiger partial charge in [-0.3, -0.25) is 4.98 Å². The summed E-state index contributed by atoms with van der Waals surface area (Å²) in [4.78, 5) is 4.41. The highest BCUT2D eigenvalue weighted by atomic mass is 16.5. The lowest BCUT2D eigenvalue weighted by molar-refractivity contribution is 0.297. The Hall–Kier alpha value is -2.03. The van der Waals surface area contributed by atoms with Crippen LogP contribution in [-0.2, 0) is 0 Å². The summed E-state index contributed by atoms with van der Waals surface area (Å²) in [6.45, 7) is 3.46. The van der Waals surface area contributed by atoms with Crippen molar-refractivity contribution in [3.8, 4) is 22.8 Å². The zero-order valence-electron chi connectivity index (χ0n) is 10.3. The van der Waals surface area contributed by atoms with Crippen LogP contribution >= 0.6 is 0 Å². The van der Waals surface area contributed by atoms with Gasteiger partial charge in [-0.1, -0.05) is 6.07 Å². The van der Waals surface area contributed by atoms with Gasteiger partial charge in [-0.05, 0) is 36.8 Å². The van der Waals surface area contributed by atoms with Crippen molar-refractivity contribution in [1.82, 2.24) is 4.98 Å². The van der Waals surface area contributed by atoms with Crippen molar-refractivity contribution in [1.29, 1.82) is 0 Å². The molecule has 0 N–H and O–H groups in total. The number of pyridine rings is 1. The van der Waals surface area contributed by atoms with Crippen LogP contribution in [0.3, 0.4) is 0 Å². The third-order valence-corrected chi connectivity index (χ3v) is 2.96. The van der Waals surface area contributed by atoms with E-state index in [1.165, 1.54) is 5.56 Å². The lowest BCUT2D eigenvalue weighted by Gasteiger charge is -2.12. The van der Waals surface area contributed by atoms with E-state index in [-0.39, 0.29) is 0 Å². The number of fused-ring (bicyclic) bond motifs is 1. The van der Waals surface area contributed by atoms with Crippen LogP contribution in [0.2, 0.25) is 0 Å². The number of ether oxygens (including phenoxy) is 2. The van der Waals surface area contributed by atoms with Crippen LogP contribution in [-0.4, -0.2) is 18.2 Å². The summed E-state index contributed by atoms with van der Waals surface area (Å²) in [5, 5.41) is 0. The van der Waals surface area contributed by atoms with Crippen LogP contribution in [0.5, 0.6) is 11.5 Å². The molecule has 3 rings (SSSR count). The highest BCUT2D eigenvalue weighted by Crippen LogP contribution is 2.38. The second-order valence-corrected chi connectivity index (χ2v) is 4.40. The zero-order valence-corrected chi connectivity index (χ0v) is 10.3. The molecule has 92 valence electrons. The number of nitrogens with zero attached hydrogens (tertiary/aromatic N) is 1. The first-order valence-electron chi connectivity index (χ1n) is 6.16. The number of aromatic nitrogens is 1. The van der Waals surface area contributed by atoms with Gasteiger partial charge in [0.15, 0.2) is 11.5 Å². The Labute approximate surface area is 106 Å². The molecule has 1 aliphatic heterocycles. The first-order valence-corrected chi connectivity index (χ1v) is 6.16. The van der Waals surface area contributed by atoms with Gasteiger partial charge in [0.05, 0.1) is 18.9 Å². The van der Waals surface area contributed by atoms with Crippen LogP contribution in [0.4, 0.5) is 0 Å². The van der Waals surface area contributed by atoms with E-state index in [4.69, 9.17) is 9.47 Å². The molecule has 1 aromatic heterocycles. The van der Waals surface area contributed by atoms with E-state index in [2.05, 4.69) is 18.0 Å². The molecule has 3 nitrogen and oxygen atoms in total. The second kappa shape index (κ2) is 4.69. The summed E-state index contributed by atoms with van der Waals surface area (Å²) in [5.41, 5.74) is 3.11. The molecule has 0 amide bonds. The van der Waals surface area contributed by atoms with Crippen molar-refractivity contribution in [2.24, 2.45) is 0 Å². The molecule has 0 unspecified atom stereocenters. The molecule has 0 bridgehead atoms. The van der Waals surface area contributed by atoms with Gasteiger partial charge >= 0.3 is 0 Å². The SMILES string of the molecule is Cc1ccnc(-c2cccc3c2OCCCO3)c1. The summed E-state index contributed by atoms with van der Waals surface area (Å²) < 4.78 is 11.5. The smallest absolute Gasteiger partial charge is 0.170 e. The Morgan fingerprint density at radius 3 is 2.89 bits per heavy atom. The molecule has 2 aromatic rings. The molecule has 0 aliphatic carbocycles. The number of aryl methyl sites for hydroxylation is 1. The third-order valence-electron chi connectivity index (χ3n) is 2.96. The van der Waals surface area contributed by atoms with Gasteiger partial charge in [0.2, 0.25) is 0 Å². The van der Waals surface area contributed by atoms with Crippen LogP contribution in [0.1, 0.15) is 12.0 Å². The van der Waals surface area contributed by atoms with E-state index in [9.17, 15) is 0 Å². The van der Waals surface area contributed by atoms with Crippen molar-refractivity contribution in [3.05, 3.63) is 42.1 Å². The zero-order chi connectivity index (χ0) is 12.4. The van der Waals surface area contributed by atoms with Gasteiger partial charge in [-0.2, -0.15) is 0 Å². The lowest BCUT2D eigenvalue weighted by atomic mass is 10.1. The number of hydrogen-bond donors (Lipinski definition) is 0. The van der Waals surface area contributed by atoms with E-state index in [1.54, 1.807) is 0 Å². The lowest BCUT2D eigenvalue weighted by Crippen LogP contribution is -1.98. The maximum Gasteiger partial charge on any atom is 0.170 e. The fraction of sp³-hybridized carbons (Fsp3) is 0.267. The van der Waals surface area contributed by atoms with E-state index >= 15 is 0 Å². The maximum atomic E-state index is 5.81. The van der Waals surface area contributed by atoms with Crippen molar-refractivity contribution in [2.75, 3.05) is 13.2 Å². The van der Waals surface area contributed by atoms with Gasteiger partial charge < -0.3 is 9.47 Å². The van der Waals surface area contributed by atoms with Crippen molar-refractivity contribution in [2.45, 2.75) is 13.3 Å². The van der Waals surface area contributed by atoms with Crippen LogP contribution in [0, 0.1) is 6.92 Å². The maximum absolute atomic E-state index is 5.81. The molecule has 0 radical (unpaired) electrons. The van der Waals surface area contributed by atoms with Gasteiger partial charge in [-0.15, -0.1) is 0 Å². The summed E-state index contributed by atoms with van der Waals surface area (Å²) >= 11 is 0. The summed E-state index contributed by atoms with van der Waals surface area (Å²) in [5.74, 6) is 1.63. The third kappa shape index (κ3) is 2.04. The second-order valence-electron chi connectivity index (χ2n) is 4.40. The van der Waals surface area contributed by atoms with Gasteiger partial charge in [0, 0.05) is 18.2 Å². The number of benzene rings is 1. The van der Waals surface area contributed by atoms with E-state index < -0.39 is 0 Å². The highest BCUT2D eigenvalue weighted by Gasteiger charge is 2.16. The number of para-hydroxylation sites is 1. The highest BCUT2D eigenvalue weighted by molar-refractivity contribution is 5.71. The Morgan fingerprint density at radius 2 is 2.00 bits per heavy atom. The molecule has 18 heavy (non-hydrogen) atoms. The Bertz CT molecular complexity index is 566. The molecular weight excluding hydrogens is 226 g/mol. The minimum absolute atomic E-state index is 0.690. The molecule has 2 heterocycles. The predicted molar refractivity (Wildman–Crippen MR) is 70.0 cm³/mol. The quantitative estimate of drug-likeness (QED) is 0.768. The molecule has 3 heteroatoms. The van der Waals surface area contributed by atoms with E-state index in [0.717, 1.165) is 29.2 Å². The fourth-order valence-corrected chi connectivity index (χ4v) is 2.08. The van der Waals surface area contributed by atoms with Crippen molar-refractivity contribution >= 4 is 0 Å². The largest absolute Gasteiger partial charge is 0.490 e. The summed E-state index contributed by atoms with van der Waals surface area (Å²) in [6.07, 6.45) is 2.73. The topological polar surface area (TPSA) is 31.4 Å². The van der Waals surface area contributed by atoms with E-state index in [0.29, 0.717) is 13.2 Å². The molecule has 0 spiro atoms. The molecule has 1 aliphatic rings.